The van der Waals surface area contributed by atoms with Gasteiger partial charge in [0.15, 0.2) is 14.8 Å². The van der Waals surface area contributed by atoms with Gasteiger partial charge >= 0.3 is 0 Å². The second-order valence-electron chi connectivity index (χ2n) is 8.44. The van der Waals surface area contributed by atoms with Crippen molar-refractivity contribution in [3.05, 3.63) is 63.6 Å². The summed E-state index contributed by atoms with van der Waals surface area (Å²) in [6, 6.07) is 14.1. The first-order chi connectivity index (χ1) is 15.5. The van der Waals surface area contributed by atoms with Crippen LogP contribution in [0.2, 0.25) is 10.0 Å². The first kappa shape index (κ1) is 20.7. The van der Waals surface area contributed by atoms with Crippen LogP contribution in [0.1, 0.15) is 30.0 Å². The van der Waals surface area contributed by atoms with Crippen molar-refractivity contribution in [2.24, 2.45) is 11.1 Å². The van der Waals surface area contributed by atoms with Crippen molar-refractivity contribution in [3.8, 4) is 10.9 Å². The van der Waals surface area contributed by atoms with E-state index in [1.54, 1.807) is 29.5 Å². The molecule has 6 rings (SSSR count). The quantitative estimate of drug-likeness (QED) is 0.337. The van der Waals surface area contributed by atoms with Gasteiger partial charge in [0.2, 0.25) is 0 Å². The van der Waals surface area contributed by atoms with E-state index in [2.05, 4.69) is 34.1 Å². The van der Waals surface area contributed by atoms with Crippen LogP contribution < -0.4 is 15.4 Å². The van der Waals surface area contributed by atoms with Crippen molar-refractivity contribution in [1.82, 2.24) is 9.97 Å². The first-order valence-electron chi connectivity index (χ1n) is 10.5. The Morgan fingerprint density at radius 1 is 1.00 bits per heavy atom. The van der Waals surface area contributed by atoms with Crippen LogP contribution in [0.15, 0.2) is 42.5 Å². The minimum Gasteiger partial charge on any atom is -0.429 e. The van der Waals surface area contributed by atoms with Crippen LogP contribution in [0.4, 0.5) is 5.13 Å². The lowest BCUT2D eigenvalue weighted by molar-refractivity contribution is 0.187. The van der Waals surface area contributed by atoms with E-state index in [-0.39, 0.29) is 11.5 Å². The van der Waals surface area contributed by atoms with E-state index in [4.69, 9.17) is 38.7 Å². The van der Waals surface area contributed by atoms with Gasteiger partial charge in [-0.05, 0) is 47.9 Å². The highest BCUT2D eigenvalue weighted by Gasteiger charge is 2.46. The van der Waals surface area contributed by atoms with Crippen LogP contribution in [0.3, 0.4) is 0 Å². The van der Waals surface area contributed by atoms with Crippen LogP contribution >= 0.6 is 45.9 Å². The molecular weight excluding hydrogens is 483 g/mol. The summed E-state index contributed by atoms with van der Waals surface area (Å²) in [5.41, 5.74) is 9.63. The van der Waals surface area contributed by atoms with Gasteiger partial charge in [0.05, 0.1) is 5.02 Å². The molecule has 0 radical (unpaired) electrons. The molecule has 5 nitrogen and oxygen atoms in total. The molecule has 0 amide bonds. The van der Waals surface area contributed by atoms with E-state index >= 15 is 0 Å². The second-order valence-corrected chi connectivity index (χ2v) is 11.1. The molecule has 1 aliphatic heterocycles. The minimum absolute atomic E-state index is 0.125. The van der Waals surface area contributed by atoms with E-state index in [1.807, 2.05) is 0 Å². The van der Waals surface area contributed by atoms with Crippen molar-refractivity contribution >= 4 is 60.7 Å². The number of thiazole rings is 2. The highest BCUT2D eigenvalue weighted by atomic mass is 35.5. The molecule has 9 heteroatoms. The average Bonchev–Trinajstić information content (AvgIpc) is 3.43. The molecule has 0 unspecified atom stereocenters. The average molecular weight is 503 g/mol. The Kier molecular flexibility index (Phi) is 5.08. The van der Waals surface area contributed by atoms with Gasteiger partial charge in [-0.3, -0.25) is 0 Å². The zero-order valence-corrected chi connectivity index (χ0v) is 20.2. The number of ether oxygens (including phenoxy) is 1. The Hall–Kier alpha value is -1.90. The van der Waals surface area contributed by atoms with Crippen molar-refractivity contribution in [2.45, 2.75) is 25.3 Å². The maximum absolute atomic E-state index is 6.71. The van der Waals surface area contributed by atoms with Crippen LogP contribution in [0, 0.1) is 5.41 Å². The minimum atomic E-state index is 0.125. The molecule has 2 aromatic carbocycles. The number of piperidine rings is 1. The number of benzene rings is 2. The van der Waals surface area contributed by atoms with Gasteiger partial charge in [0, 0.05) is 19.1 Å². The number of rotatable bonds is 3. The number of nitrogens with two attached hydrogens (primary N) is 1. The molecule has 2 aliphatic rings. The normalized spacial score (nSPS) is 19.6. The largest absolute Gasteiger partial charge is 0.429 e. The highest BCUT2D eigenvalue weighted by Crippen LogP contribution is 2.51. The Morgan fingerprint density at radius 2 is 1.78 bits per heavy atom. The maximum Gasteiger partial charge on any atom is 0.282 e. The molecule has 0 bridgehead atoms. The van der Waals surface area contributed by atoms with E-state index < -0.39 is 0 Å². The molecule has 1 saturated heterocycles. The number of aromatic nitrogens is 2. The van der Waals surface area contributed by atoms with Crippen molar-refractivity contribution < 1.29 is 4.74 Å². The zero-order valence-electron chi connectivity index (χ0n) is 17.1. The summed E-state index contributed by atoms with van der Waals surface area (Å²) < 4.78 is 5.85. The number of fused-ring (bicyclic) bond motifs is 2. The summed E-state index contributed by atoms with van der Waals surface area (Å²) in [4.78, 5) is 13.6. The molecule has 1 aliphatic carbocycles. The second kappa shape index (κ2) is 7.85. The fourth-order valence-corrected chi connectivity index (χ4v) is 7.18. The van der Waals surface area contributed by atoms with Crippen LogP contribution in [0.25, 0.3) is 9.66 Å². The molecule has 4 aromatic rings. The molecule has 3 heterocycles. The van der Waals surface area contributed by atoms with Gasteiger partial charge < -0.3 is 15.4 Å². The Balaban J connectivity index is 1.17. The van der Waals surface area contributed by atoms with E-state index in [9.17, 15) is 0 Å². The van der Waals surface area contributed by atoms with Crippen molar-refractivity contribution in [3.63, 3.8) is 0 Å². The molecule has 0 saturated carbocycles. The summed E-state index contributed by atoms with van der Waals surface area (Å²) in [5, 5.41) is 2.37. The lowest BCUT2D eigenvalue weighted by Gasteiger charge is -2.42. The predicted octanol–water partition coefficient (Wildman–Crippen LogP) is 6.69. The standard InChI is InChI=1S/C23H20Cl2N4OS2/c24-15-6-3-7-16(17(15)25)30-22-28-20-19(32-22)27-21(31-20)29-10-8-23(9-11-29)12-13-4-1-2-5-14(13)18(23)26/h1-7,18H,8-12,26H2/t18-/m1/s1. The SMILES string of the molecule is N[C@@H]1c2ccccc2CC12CCN(c1nc3sc(Oc4cccc(Cl)c4Cl)nc3s1)CC2. The van der Waals surface area contributed by atoms with Crippen molar-refractivity contribution in [1.29, 1.82) is 0 Å². The fourth-order valence-electron chi connectivity index (χ4n) is 4.90. The third-order valence-corrected chi connectivity index (χ3v) is 9.45. The van der Waals surface area contributed by atoms with Gasteiger partial charge in [-0.2, -0.15) is 4.98 Å². The van der Waals surface area contributed by atoms with Crippen LogP contribution in [-0.4, -0.2) is 23.1 Å². The monoisotopic (exact) mass is 502 g/mol. The van der Waals surface area contributed by atoms with Crippen LogP contribution in [0.5, 0.6) is 10.9 Å². The third kappa shape index (κ3) is 3.38. The smallest absolute Gasteiger partial charge is 0.282 e. The van der Waals surface area contributed by atoms with Gasteiger partial charge in [0.1, 0.15) is 10.8 Å². The number of hydrogen-bond donors (Lipinski definition) is 1. The molecule has 1 atom stereocenters. The number of hydrogen-bond acceptors (Lipinski definition) is 7. The fraction of sp³-hybridized carbons (Fsp3) is 0.304. The zero-order chi connectivity index (χ0) is 21.9. The summed E-state index contributed by atoms with van der Waals surface area (Å²) in [7, 11) is 0. The van der Waals surface area contributed by atoms with E-state index in [1.165, 1.54) is 22.5 Å². The maximum atomic E-state index is 6.71. The number of nitrogens with zero attached hydrogens (tertiary/aromatic N) is 3. The number of halogens is 2. The molecule has 1 fully saturated rings. The molecule has 1 spiro atoms. The topological polar surface area (TPSA) is 64.3 Å². The first-order valence-corrected chi connectivity index (χ1v) is 12.9. The Bertz CT molecular complexity index is 1280. The van der Waals surface area contributed by atoms with Crippen LogP contribution in [-0.2, 0) is 6.42 Å². The third-order valence-electron chi connectivity index (χ3n) is 6.68. The molecule has 164 valence electrons. The van der Waals surface area contributed by atoms with Crippen molar-refractivity contribution in [2.75, 3.05) is 18.0 Å². The predicted molar refractivity (Wildman–Crippen MR) is 133 cm³/mol. The lowest BCUT2D eigenvalue weighted by Crippen LogP contribution is -2.44. The summed E-state index contributed by atoms with van der Waals surface area (Å²) >= 11 is 15.3. The van der Waals surface area contributed by atoms with Gasteiger partial charge in [-0.15, -0.1) is 0 Å². The molecular formula is C23H20Cl2N4OS2. The highest BCUT2D eigenvalue weighted by molar-refractivity contribution is 7.29. The molecule has 2 N–H and O–H groups in total. The van der Waals surface area contributed by atoms with Gasteiger partial charge in [0.25, 0.3) is 5.19 Å². The Labute approximate surface area is 203 Å². The van der Waals surface area contributed by atoms with Gasteiger partial charge in [-0.25, -0.2) is 4.98 Å². The molecule has 2 aromatic heterocycles. The van der Waals surface area contributed by atoms with E-state index in [0.29, 0.717) is 21.0 Å². The lowest BCUT2D eigenvalue weighted by atomic mass is 9.73. The van der Waals surface area contributed by atoms with Gasteiger partial charge in [-0.1, -0.05) is 76.2 Å². The molecule has 32 heavy (non-hydrogen) atoms. The number of anilines is 1. The summed E-state index contributed by atoms with van der Waals surface area (Å²) in [6.07, 6.45) is 3.23. The summed E-state index contributed by atoms with van der Waals surface area (Å²) in [5.74, 6) is 0.496. The van der Waals surface area contributed by atoms with E-state index in [0.717, 1.165) is 47.1 Å². The Morgan fingerprint density at radius 3 is 2.56 bits per heavy atom. The summed E-state index contributed by atoms with van der Waals surface area (Å²) in [6.45, 7) is 1.92.